The predicted molar refractivity (Wildman–Crippen MR) is 82.5 cm³/mol. The number of amides is 1. The van der Waals surface area contributed by atoms with E-state index in [1.807, 2.05) is 13.8 Å². The minimum Gasteiger partial charge on any atom is -0.349 e. The lowest BCUT2D eigenvalue weighted by Gasteiger charge is -2.10. The van der Waals surface area contributed by atoms with Gasteiger partial charge in [0.2, 0.25) is 0 Å². The van der Waals surface area contributed by atoms with E-state index in [1.165, 1.54) is 6.20 Å². The number of hydrogen-bond donors (Lipinski definition) is 2. The topological polar surface area (TPSA) is 74.8 Å². The highest BCUT2D eigenvalue weighted by atomic mass is 35.5. The first-order valence-electron chi connectivity index (χ1n) is 6.67. The number of hydrogen-bond acceptors (Lipinski definition) is 3. The van der Waals surface area contributed by atoms with E-state index >= 15 is 0 Å². The molecule has 0 bridgehead atoms. The fourth-order valence-corrected chi connectivity index (χ4v) is 1.84. The van der Waals surface area contributed by atoms with Crippen molar-refractivity contribution in [2.75, 3.05) is 0 Å². The molecule has 0 fully saturated rings. The standard InChI is InChI=1S/C15H16ClN3O2/c1-3-9(2)18-14(20)12-8-17-13(19-15(12)21)10-4-6-11(16)7-5-10/h4-9H,3H2,1-2H3,(H,18,20)(H,17,19,21). The SMILES string of the molecule is CCC(C)NC(=O)c1cnc(-c2ccc(Cl)cc2)[nH]c1=O. The monoisotopic (exact) mass is 305 g/mol. The summed E-state index contributed by atoms with van der Waals surface area (Å²) in [5, 5.41) is 3.34. The van der Waals surface area contributed by atoms with Gasteiger partial charge in [-0.1, -0.05) is 18.5 Å². The van der Waals surface area contributed by atoms with Crippen LogP contribution in [0.4, 0.5) is 0 Å². The largest absolute Gasteiger partial charge is 0.349 e. The quantitative estimate of drug-likeness (QED) is 0.911. The van der Waals surface area contributed by atoms with Crippen molar-refractivity contribution in [1.29, 1.82) is 0 Å². The number of aromatic nitrogens is 2. The van der Waals surface area contributed by atoms with Crippen molar-refractivity contribution < 1.29 is 4.79 Å². The minimum atomic E-state index is -0.462. The Kier molecular flexibility index (Phi) is 4.75. The van der Waals surface area contributed by atoms with E-state index in [9.17, 15) is 9.59 Å². The van der Waals surface area contributed by atoms with Crippen LogP contribution in [0.25, 0.3) is 11.4 Å². The molecule has 1 heterocycles. The number of aromatic amines is 1. The highest BCUT2D eigenvalue weighted by Crippen LogP contribution is 2.16. The Labute approximate surface area is 127 Å². The van der Waals surface area contributed by atoms with Crippen LogP contribution in [0.5, 0.6) is 0 Å². The molecule has 110 valence electrons. The summed E-state index contributed by atoms with van der Waals surface area (Å²) in [4.78, 5) is 30.7. The van der Waals surface area contributed by atoms with E-state index in [-0.39, 0.29) is 11.6 Å². The zero-order valence-electron chi connectivity index (χ0n) is 11.8. The molecule has 1 aromatic heterocycles. The first-order valence-corrected chi connectivity index (χ1v) is 7.05. The molecule has 2 N–H and O–H groups in total. The third-order valence-electron chi connectivity index (χ3n) is 3.15. The molecule has 0 saturated heterocycles. The molecule has 0 aliphatic rings. The van der Waals surface area contributed by atoms with Gasteiger partial charge in [0.05, 0.1) is 0 Å². The molecule has 1 aromatic carbocycles. The Morgan fingerprint density at radius 3 is 2.62 bits per heavy atom. The van der Waals surface area contributed by atoms with E-state index in [4.69, 9.17) is 11.6 Å². The van der Waals surface area contributed by atoms with Gasteiger partial charge in [0, 0.05) is 22.8 Å². The maximum atomic E-state index is 12.0. The number of halogens is 1. The van der Waals surface area contributed by atoms with E-state index < -0.39 is 11.5 Å². The maximum Gasteiger partial charge on any atom is 0.264 e. The highest BCUT2D eigenvalue weighted by molar-refractivity contribution is 6.30. The van der Waals surface area contributed by atoms with Gasteiger partial charge < -0.3 is 10.3 Å². The van der Waals surface area contributed by atoms with Crippen LogP contribution >= 0.6 is 11.6 Å². The van der Waals surface area contributed by atoms with Crippen molar-refractivity contribution in [3.63, 3.8) is 0 Å². The number of nitrogens with zero attached hydrogens (tertiary/aromatic N) is 1. The highest BCUT2D eigenvalue weighted by Gasteiger charge is 2.14. The van der Waals surface area contributed by atoms with Gasteiger partial charge in [0.1, 0.15) is 11.4 Å². The normalized spacial score (nSPS) is 12.0. The molecule has 2 aromatic rings. The van der Waals surface area contributed by atoms with Gasteiger partial charge in [0.15, 0.2) is 0 Å². The number of H-pyrrole nitrogens is 1. The van der Waals surface area contributed by atoms with Crippen LogP contribution in [0.15, 0.2) is 35.3 Å². The molecule has 0 aliphatic heterocycles. The molecule has 0 spiro atoms. The molecular weight excluding hydrogens is 290 g/mol. The molecule has 1 atom stereocenters. The molecule has 0 aliphatic carbocycles. The zero-order chi connectivity index (χ0) is 15.4. The second-order valence-electron chi connectivity index (χ2n) is 4.76. The molecule has 0 radical (unpaired) electrons. The van der Waals surface area contributed by atoms with Crippen LogP contribution in [0, 0.1) is 0 Å². The average molecular weight is 306 g/mol. The Morgan fingerprint density at radius 2 is 2.05 bits per heavy atom. The van der Waals surface area contributed by atoms with E-state index in [2.05, 4.69) is 15.3 Å². The number of nitrogens with one attached hydrogen (secondary N) is 2. The third kappa shape index (κ3) is 3.70. The van der Waals surface area contributed by atoms with Crippen LogP contribution in [0.2, 0.25) is 5.02 Å². The van der Waals surface area contributed by atoms with Gasteiger partial charge in [-0.15, -0.1) is 0 Å². The lowest BCUT2D eigenvalue weighted by molar-refractivity contribution is 0.0937. The first-order chi connectivity index (χ1) is 10.0. The van der Waals surface area contributed by atoms with Crippen molar-refractivity contribution in [2.45, 2.75) is 26.3 Å². The van der Waals surface area contributed by atoms with Crippen molar-refractivity contribution >= 4 is 17.5 Å². The molecule has 5 nitrogen and oxygen atoms in total. The summed E-state index contributed by atoms with van der Waals surface area (Å²) in [6.45, 7) is 3.83. The number of rotatable bonds is 4. The fourth-order valence-electron chi connectivity index (χ4n) is 1.71. The molecule has 6 heteroatoms. The van der Waals surface area contributed by atoms with E-state index in [1.54, 1.807) is 24.3 Å². The number of carbonyl (C=O) groups is 1. The van der Waals surface area contributed by atoms with Crippen LogP contribution in [0.3, 0.4) is 0 Å². The Hall–Kier alpha value is -2.14. The Morgan fingerprint density at radius 1 is 1.38 bits per heavy atom. The Bertz CT molecular complexity index is 695. The summed E-state index contributed by atoms with van der Waals surface area (Å²) in [6.07, 6.45) is 2.08. The van der Waals surface area contributed by atoms with E-state index in [0.717, 1.165) is 12.0 Å². The predicted octanol–water partition coefficient (Wildman–Crippen LogP) is 2.62. The molecule has 1 amide bonds. The molecule has 1 unspecified atom stereocenters. The van der Waals surface area contributed by atoms with Gasteiger partial charge in [-0.25, -0.2) is 4.98 Å². The zero-order valence-corrected chi connectivity index (χ0v) is 12.6. The Balaban J connectivity index is 2.27. The lowest BCUT2D eigenvalue weighted by atomic mass is 10.2. The summed E-state index contributed by atoms with van der Waals surface area (Å²) in [7, 11) is 0. The van der Waals surface area contributed by atoms with Gasteiger partial charge in [-0.2, -0.15) is 0 Å². The molecule has 0 saturated carbocycles. The van der Waals surface area contributed by atoms with Crippen LogP contribution in [-0.2, 0) is 0 Å². The molecule has 2 rings (SSSR count). The van der Waals surface area contributed by atoms with Crippen LogP contribution < -0.4 is 10.9 Å². The van der Waals surface area contributed by atoms with Crippen molar-refractivity contribution in [3.05, 3.63) is 51.4 Å². The van der Waals surface area contributed by atoms with Gasteiger partial charge in [-0.05, 0) is 37.6 Å². The summed E-state index contributed by atoms with van der Waals surface area (Å²) in [6, 6.07) is 6.92. The van der Waals surface area contributed by atoms with Crippen LogP contribution in [-0.4, -0.2) is 21.9 Å². The molecular formula is C15H16ClN3O2. The summed E-state index contributed by atoms with van der Waals surface area (Å²) < 4.78 is 0. The minimum absolute atomic E-state index is 0.00726. The van der Waals surface area contributed by atoms with Crippen molar-refractivity contribution in [3.8, 4) is 11.4 Å². The van der Waals surface area contributed by atoms with Gasteiger partial charge in [-0.3, -0.25) is 9.59 Å². The smallest absolute Gasteiger partial charge is 0.264 e. The summed E-state index contributed by atoms with van der Waals surface area (Å²) in [5.41, 5.74) is 0.272. The summed E-state index contributed by atoms with van der Waals surface area (Å²) in [5.74, 6) is -0.0162. The van der Waals surface area contributed by atoms with Crippen LogP contribution in [0.1, 0.15) is 30.6 Å². The fraction of sp³-hybridized carbons (Fsp3) is 0.267. The van der Waals surface area contributed by atoms with Crippen molar-refractivity contribution in [2.24, 2.45) is 0 Å². The maximum absolute atomic E-state index is 12.0. The number of benzene rings is 1. The molecule has 21 heavy (non-hydrogen) atoms. The summed E-state index contributed by atoms with van der Waals surface area (Å²) >= 11 is 5.81. The number of carbonyl (C=O) groups excluding carboxylic acids is 1. The second-order valence-corrected chi connectivity index (χ2v) is 5.20. The first kappa shape index (κ1) is 15.3. The van der Waals surface area contributed by atoms with Gasteiger partial charge in [0.25, 0.3) is 11.5 Å². The second kappa shape index (κ2) is 6.54. The average Bonchev–Trinajstić information content (AvgIpc) is 2.47. The third-order valence-corrected chi connectivity index (χ3v) is 3.40. The lowest BCUT2D eigenvalue weighted by Crippen LogP contribution is -2.35. The van der Waals surface area contributed by atoms with E-state index in [0.29, 0.717) is 10.8 Å². The van der Waals surface area contributed by atoms with Gasteiger partial charge >= 0.3 is 0 Å². The van der Waals surface area contributed by atoms with Crippen molar-refractivity contribution in [1.82, 2.24) is 15.3 Å².